The van der Waals surface area contributed by atoms with Crippen molar-refractivity contribution >= 4 is 12.2 Å². The number of urea groups is 1. The first kappa shape index (κ1) is 13.2. The number of nitrogens with zero attached hydrogens (tertiary/aromatic N) is 1. The zero-order chi connectivity index (χ0) is 13.7. The van der Waals surface area contributed by atoms with Crippen LogP contribution in [0.5, 0.6) is 11.5 Å². The molecule has 102 valence electrons. The molecule has 2 rings (SSSR count). The van der Waals surface area contributed by atoms with E-state index in [-0.39, 0.29) is 6.03 Å². The van der Waals surface area contributed by atoms with E-state index in [1.54, 1.807) is 30.2 Å². The minimum atomic E-state index is -0.0466. The average molecular weight is 263 g/mol. The van der Waals surface area contributed by atoms with Crippen molar-refractivity contribution in [3.8, 4) is 11.5 Å². The van der Waals surface area contributed by atoms with Crippen molar-refractivity contribution in [1.82, 2.24) is 10.2 Å². The van der Waals surface area contributed by atoms with E-state index in [4.69, 9.17) is 14.9 Å². The molecule has 1 aromatic rings. The van der Waals surface area contributed by atoms with Gasteiger partial charge in [-0.3, -0.25) is 0 Å². The van der Waals surface area contributed by atoms with Gasteiger partial charge in [0.25, 0.3) is 0 Å². The van der Waals surface area contributed by atoms with Gasteiger partial charge in [0, 0.05) is 19.3 Å². The molecular formula is C13H17N3O3. The molecule has 0 atom stereocenters. The number of nitrogens with one attached hydrogen (secondary N) is 2. The first-order valence-electron chi connectivity index (χ1n) is 6.08. The lowest BCUT2D eigenvalue weighted by Crippen LogP contribution is -2.31. The Morgan fingerprint density at radius 1 is 1.47 bits per heavy atom. The smallest absolute Gasteiger partial charge is 0.317 e. The molecule has 1 heterocycles. The van der Waals surface area contributed by atoms with Crippen LogP contribution in [0.2, 0.25) is 0 Å². The van der Waals surface area contributed by atoms with Crippen molar-refractivity contribution in [3.63, 3.8) is 0 Å². The summed E-state index contributed by atoms with van der Waals surface area (Å²) < 4.78 is 10.8. The number of hydrogen-bond acceptors (Lipinski definition) is 4. The normalized spacial score (nSPS) is 14.2. The highest BCUT2D eigenvalue weighted by atomic mass is 16.5. The monoisotopic (exact) mass is 263 g/mol. The van der Waals surface area contributed by atoms with E-state index in [0.29, 0.717) is 37.7 Å². The number of carbonyl (C=O) groups excluding carboxylic acids is 1. The van der Waals surface area contributed by atoms with Crippen LogP contribution in [0.3, 0.4) is 0 Å². The fraction of sp³-hybridized carbons (Fsp3) is 0.385. The summed E-state index contributed by atoms with van der Waals surface area (Å²) in [6.07, 6.45) is 1.25. The summed E-state index contributed by atoms with van der Waals surface area (Å²) in [5, 5.41) is 9.92. The van der Waals surface area contributed by atoms with Gasteiger partial charge in [0.1, 0.15) is 6.61 Å². The second-order valence-electron chi connectivity index (χ2n) is 4.12. The molecule has 6 nitrogen and oxygen atoms in total. The van der Waals surface area contributed by atoms with Crippen LogP contribution in [0.1, 0.15) is 5.56 Å². The van der Waals surface area contributed by atoms with E-state index < -0.39 is 0 Å². The van der Waals surface area contributed by atoms with Gasteiger partial charge >= 0.3 is 6.03 Å². The largest absolute Gasteiger partial charge is 0.493 e. The maximum Gasteiger partial charge on any atom is 0.317 e. The van der Waals surface area contributed by atoms with Crippen molar-refractivity contribution in [3.05, 3.63) is 23.8 Å². The van der Waals surface area contributed by atoms with Gasteiger partial charge in [-0.25, -0.2) is 4.79 Å². The van der Waals surface area contributed by atoms with Gasteiger partial charge in [0.15, 0.2) is 11.5 Å². The quantitative estimate of drug-likeness (QED) is 0.755. The van der Waals surface area contributed by atoms with Crippen LogP contribution < -0.4 is 14.8 Å². The zero-order valence-corrected chi connectivity index (χ0v) is 10.8. The predicted octanol–water partition coefficient (Wildman–Crippen LogP) is 1.10. The van der Waals surface area contributed by atoms with E-state index in [2.05, 4.69) is 5.32 Å². The summed E-state index contributed by atoms with van der Waals surface area (Å²) in [7, 11) is 1.56. The highest BCUT2D eigenvalue weighted by molar-refractivity contribution is 5.78. The number of rotatable bonds is 6. The van der Waals surface area contributed by atoms with Crippen LogP contribution in [0.4, 0.5) is 4.79 Å². The molecule has 2 N–H and O–H groups in total. The zero-order valence-electron chi connectivity index (χ0n) is 10.8. The number of methoxy groups -OCH3 is 1. The van der Waals surface area contributed by atoms with E-state index in [9.17, 15) is 4.79 Å². The Kier molecular flexibility index (Phi) is 4.22. The number of hydrogen-bond donors (Lipinski definition) is 2. The minimum Gasteiger partial charge on any atom is -0.493 e. The topological polar surface area (TPSA) is 74.7 Å². The van der Waals surface area contributed by atoms with E-state index in [1.807, 2.05) is 0 Å². The van der Waals surface area contributed by atoms with Gasteiger partial charge in [0.2, 0.25) is 0 Å². The van der Waals surface area contributed by atoms with Crippen molar-refractivity contribution in [2.75, 3.05) is 33.4 Å². The van der Waals surface area contributed by atoms with Crippen LogP contribution in [0, 0.1) is 5.41 Å². The van der Waals surface area contributed by atoms with Crippen LogP contribution in [-0.4, -0.2) is 50.5 Å². The van der Waals surface area contributed by atoms with E-state index in [0.717, 1.165) is 5.56 Å². The first-order chi connectivity index (χ1) is 9.24. The molecule has 19 heavy (non-hydrogen) atoms. The molecule has 0 radical (unpaired) electrons. The molecule has 1 aliphatic rings. The summed E-state index contributed by atoms with van der Waals surface area (Å²) in [4.78, 5) is 13.0. The number of benzene rings is 1. The molecule has 1 saturated heterocycles. The van der Waals surface area contributed by atoms with Crippen LogP contribution in [0.15, 0.2) is 18.2 Å². The third-order valence-electron chi connectivity index (χ3n) is 2.92. The Morgan fingerprint density at radius 2 is 2.32 bits per heavy atom. The third kappa shape index (κ3) is 3.15. The second-order valence-corrected chi connectivity index (χ2v) is 4.12. The molecule has 0 saturated carbocycles. The summed E-state index contributed by atoms with van der Waals surface area (Å²) in [6, 6.07) is 5.25. The van der Waals surface area contributed by atoms with Crippen molar-refractivity contribution in [1.29, 1.82) is 5.41 Å². The molecule has 1 aliphatic heterocycles. The van der Waals surface area contributed by atoms with Crippen molar-refractivity contribution in [2.24, 2.45) is 0 Å². The SMILES string of the molecule is COc1cc(C=N)ccc1OCCN1CCNC1=O. The van der Waals surface area contributed by atoms with E-state index in [1.165, 1.54) is 6.21 Å². The predicted molar refractivity (Wildman–Crippen MR) is 71.3 cm³/mol. The molecule has 0 spiro atoms. The summed E-state index contributed by atoms with van der Waals surface area (Å²) in [6.45, 7) is 2.36. The van der Waals surface area contributed by atoms with Crippen molar-refractivity contribution in [2.45, 2.75) is 0 Å². The summed E-state index contributed by atoms with van der Waals surface area (Å²) in [5.74, 6) is 1.21. The second kappa shape index (κ2) is 6.08. The van der Waals surface area contributed by atoms with Gasteiger partial charge in [-0.05, 0) is 23.8 Å². The van der Waals surface area contributed by atoms with Gasteiger partial charge in [-0.15, -0.1) is 0 Å². The van der Waals surface area contributed by atoms with Gasteiger partial charge in [-0.2, -0.15) is 0 Å². The Bertz CT molecular complexity index is 476. The Morgan fingerprint density at radius 3 is 2.95 bits per heavy atom. The minimum absolute atomic E-state index is 0.0466. The lowest BCUT2D eigenvalue weighted by molar-refractivity contribution is 0.201. The molecule has 2 amide bonds. The van der Waals surface area contributed by atoms with Crippen LogP contribution in [0.25, 0.3) is 0 Å². The highest BCUT2D eigenvalue weighted by Gasteiger charge is 2.18. The molecule has 1 fully saturated rings. The number of ether oxygens (including phenoxy) is 2. The molecular weight excluding hydrogens is 246 g/mol. The molecule has 0 bridgehead atoms. The molecule has 6 heteroatoms. The van der Waals surface area contributed by atoms with Gasteiger partial charge in [-0.1, -0.05) is 0 Å². The lowest BCUT2D eigenvalue weighted by Gasteiger charge is -2.16. The summed E-state index contributed by atoms with van der Waals surface area (Å²) in [5.41, 5.74) is 0.753. The molecule has 0 aliphatic carbocycles. The Labute approximate surface area is 111 Å². The van der Waals surface area contributed by atoms with E-state index >= 15 is 0 Å². The number of carbonyl (C=O) groups is 1. The Hall–Kier alpha value is -2.24. The van der Waals surface area contributed by atoms with Gasteiger partial charge in [0.05, 0.1) is 13.7 Å². The molecule has 0 unspecified atom stereocenters. The standard InChI is InChI=1S/C13H17N3O3/c1-18-12-8-10(9-14)2-3-11(12)19-7-6-16-5-4-15-13(16)17/h2-3,8-9,14H,4-7H2,1H3,(H,15,17). The lowest BCUT2D eigenvalue weighted by atomic mass is 10.2. The van der Waals surface area contributed by atoms with Crippen molar-refractivity contribution < 1.29 is 14.3 Å². The maximum atomic E-state index is 11.3. The average Bonchev–Trinajstić information content (AvgIpc) is 2.84. The highest BCUT2D eigenvalue weighted by Crippen LogP contribution is 2.27. The fourth-order valence-corrected chi connectivity index (χ4v) is 1.88. The van der Waals surface area contributed by atoms with Crippen LogP contribution >= 0.6 is 0 Å². The first-order valence-corrected chi connectivity index (χ1v) is 6.08. The molecule has 1 aromatic carbocycles. The maximum absolute atomic E-state index is 11.3. The summed E-state index contributed by atoms with van der Waals surface area (Å²) >= 11 is 0. The molecule has 0 aromatic heterocycles. The fourth-order valence-electron chi connectivity index (χ4n) is 1.88. The van der Waals surface area contributed by atoms with Crippen LogP contribution in [-0.2, 0) is 0 Å². The van der Waals surface area contributed by atoms with Gasteiger partial charge < -0.3 is 25.1 Å². The Balaban J connectivity index is 1.91. The third-order valence-corrected chi connectivity index (χ3v) is 2.92. The number of amides is 2.